The maximum absolute atomic E-state index is 11.8. The van der Waals surface area contributed by atoms with Crippen molar-refractivity contribution in [2.45, 2.75) is 56.5 Å². The highest BCUT2D eigenvalue weighted by atomic mass is 16.2. The summed E-state index contributed by atoms with van der Waals surface area (Å²) >= 11 is 0. The molecule has 5 heteroatoms. The molecule has 17 heavy (non-hydrogen) atoms. The normalized spacial score (nSPS) is 22.2. The Bertz CT molecular complexity index is 307. The van der Waals surface area contributed by atoms with Gasteiger partial charge in [0.25, 0.3) is 0 Å². The molecule has 2 fully saturated rings. The molecule has 2 aliphatic carbocycles. The third-order valence-electron chi connectivity index (χ3n) is 3.53. The van der Waals surface area contributed by atoms with Crippen LogP contribution >= 0.6 is 0 Å². The van der Waals surface area contributed by atoms with Crippen molar-refractivity contribution in [3.05, 3.63) is 0 Å². The molecule has 0 aliphatic heterocycles. The first kappa shape index (κ1) is 12.4. The minimum absolute atomic E-state index is 0.0188. The molecule has 0 radical (unpaired) electrons. The Kier molecular flexibility index (Phi) is 3.66. The van der Waals surface area contributed by atoms with Crippen LogP contribution in [-0.4, -0.2) is 29.9 Å². The summed E-state index contributed by atoms with van der Waals surface area (Å²) < 4.78 is 0. The molecular formula is C12H21N3O2. The fourth-order valence-corrected chi connectivity index (χ4v) is 2.23. The molecule has 0 atom stereocenters. The van der Waals surface area contributed by atoms with Gasteiger partial charge in [0.15, 0.2) is 0 Å². The van der Waals surface area contributed by atoms with E-state index in [1.165, 1.54) is 0 Å². The lowest BCUT2D eigenvalue weighted by atomic mass is 9.98. The van der Waals surface area contributed by atoms with Crippen LogP contribution in [0.15, 0.2) is 0 Å². The van der Waals surface area contributed by atoms with E-state index in [1.807, 2.05) is 0 Å². The highest BCUT2D eigenvalue weighted by Gasteiger charge is 2.36. The number of carbonyl (C=O) groups excluding carboxylic acids is 2. The Morgan fingerprint density at radius 1 is 1.24 bits per heavy atom. The Morgan fingerprint density at radius 2 is 1.88 bits per heavy atom. The number of carbonyl (C=O) groups is 2. The van der Waals surface area contributed by atoms with E-state index in [0.717, 1.165) is 38.5 Å². The highest BCUT2D eigenvalue weighted by Crippen LogP contribution is 2.27. The van der Waals surface area contributed by atoms with Crippen LogP contribution in [0.1, 0.15) is 44.9 Å². The van der Waals surface area contributed by atoms with Gasteiger partial charge in [-0.2, -0.15) is 0 Å². The minimum atomic E-state index is -0.688. The molecule has 96 valence electrons. The number of rotatable bonds is 5. The summed E-state index contributed by atoms with van der Waals surface area (Å²) in [7, 11) is 0. The summed E-state index contributed by atoms with van der Waals surface area (Å²) in [5, 5.41) is 5.65. The van der Waals surface area contributed by atoms with E-state index < -0.39 is 5.54 Å². The lowest BCUT2D eigenvalue weighted by molar-refractivity contribution is -0.126. The van der Waals surface area contributed by atoms with Gasteiger partial charge in [0.2, 0.25) is 11.8 Å². The molecule has 2 amide bonds. The molecular weight excluding hydrogens is 218 g/mol. The van der Waals surface area contributed by atoms with Crippen molar-refractivity contribution in [3.63, 3.8) is 0 Å². The van der Waals surface area contributed by atoms with Gasteiger partial charge in [-0.1, -0.05) is 12.8 Å². The van der Waals surface area contributed by atoms with Gasteiger partial charge in [0.1, 0.15) is 0 Å². The van der Waals surface area contributed by atoms with Crippen molar-refractivity contribution in [2.24, 2.45) is 5.73 Å². The second kappa shape index (κ2) is 5.04. The molecule has 0 unspecified atom stereocenters. The quantitative estimate of drug-likeness (QED) is 0.633. The molecule has 4 N–H and O–H groups in total. The first-order valence-corrected chi connectivity index (χ1v) is 6.47. The van der Waals surface area contributed by atoms with Crippen LogP contribution in [0.2, 0.25) is 0 Å². The Hall–Kier alpha value is -1.10. The van der Waals surface area contributed by atoms with E-state index in [1.54, 1.807) is 0 Å². The summed E-state index contributed by atoms with van der Waals surface area (Å²) in [4.78, 5) is 23.2. The second-order valence-corrected chi connectivity index (χ2v) is 5.21. The van der Waals surface area contributed by atoms with E-state index in [-0.39, 0.29) is 11.8 Å². The minimum Gasteiger partial charge on any atom is -0.354 e. The maximum atomic E-state index is 11.8. The van der Waals surface area contributed by atoms with Crippen LogP contribution in [0.4, 0.5) is 0 Å². The highest BCUT2D eigenvalue weighted by molar-refractivity contribution is 5.87. The lowest BCUT2D eigenvalue weighted by Gasteiger charge is -2.22. The first-order valence-electron chi connectivity index (χ1n) is 6.47. The van der Waals surface area contributed by atoms with Crippen LogP contribution in [0, 0.1) is 0 Å². The molecule has 0 heterocycles. The van der Waals surface area contributed by atoms with E-state index >= 15 is 0 Å². The fraction of sp³-hybridized carbons (Fsp3) is 0.833. The first-order chi connectivity index (χ1) is 8.10. The average molecular weight is 239 g/mol. The Balaban J connectivity index is 1.63. The van der Waals surface area contributed by atoms with Crippen molar-refractivity contribution < 1.29 is 9.59 Å². The van der Waals surface area contributed by atoms with Gasteiger partial charge in [-0.05, 0) is 25.7 Å². The van der Waals surface area contributed by atoms with Crippen LogP contribution in [0.3, 0.4) is 0 Å². The largest absolute Gasteiger partial charge is 0.354 e. The lowest BCUT2D eigenvalue weighted by Crippen LogP contribution is -2.52. The van der Waals surface area contributed by atoms with Gasteiger partial charge < -0.3 is 16.4 Å². The summed E-state index contributed by atoms with van der Waals surface area (Å²) in [6.07, 6.45) is 6.07. The zero-order valence-electron chi connectivity index (χ0n) is 10.1. The predicted molar refractivity (Wildman–Crippen MR) is 64.2 cm³/mol. The zero-order chi connectivity index (χ0) is 12.3. The number of nitrogens with two attached hydrogens (primary N) is 1. The van der Waals surface area contributed by atoms with Crippen LogP contribution in [-0.2, 0) is 9.59 Å². The monoisotopic (exact) mass is 239 g/mol. The molecule has 0 aromatic carbocycles. The number of nitrogens with one attached hydrogen (secondary N) is 2. The van der Waals surface area contributed by atoms with Crippen molar-refractivity contribution in [1.29, 1.82) is 0 Å². The van der Waals surface area contributed by atoms with Gasteiger partial charge in [-0.15, -0.1) is 0 Å². The Morgan fingerprint density at radius 3 is 2.47 bits per heavy atom. The van der Waals surface area contributed by atoms with Crippen molar-refractivity contribution in [2.75, 3.05) is 6.54 Å². The maximum Gasteiger partial charge on any atom is 0.240 e. The second-order valence-electron chi connectivity index (χ2n) is 5.21. The molecule has 2 aliphatic rings. The zero-order valence-corrected chi connectivity index (χ0v) is 10.1. The molecule has 0 aromatic rings. The molecule has 0 saturated heterocycles. The smallest absolute Gasteiger partial charge is 0.240 e. The number of hydrogen-bond donors (Lipinski definition) is 3. The summed E-state index contributed by atoms with van der Waals surface area (Å²) in [6, 6.07) is 0.383. The van der Waals surface area contributed by atoms with Gasteiger partial charge in [0, 0.05) is 19.0 Å². The molecule has 0 bridgehead atoms. The van der Waals surface area contributed by atoms with Crippen molar-refractivity contribution in [1.82, 2.24) is 10.6 Å². The predicted octanol–water partition coefficient (Wildman–Crippen LogP) is 0.0428. The fourth-order valence-electron chi connectivity index (χ4n) is 2.23. The topological polar surface area (TPSA) is 84.2 Å². The number of hydrogen-bond acceptors (Lipinski definition) is 3. The molecule has 5 nitrogen and oxygen atoms in total. The number of amides is 2. The Labute approximate surface area is 102 Å². The van der Waals surface area contributed by atoms with Gasteiger partial charge in [-0.3, -0.25) is 9.59 Å². The van der Waals surface area contributed by atoms with Gasteiger partial charge in [-0.25, -0.2) is 0 Å². The summed E-state index contributed by atoms with van der Waals surface area (Å²) in [6.45, 7) is 0.385. The standard InChI is InChI=1S/C12H21N3O2/c13-12(6-1-2-7-12)11(17)14-8-5-10(16)15-9-3-4-9/h9H,1-8,13H2,(H,14,17)(H,15,16). The van der Waals surface area contributed by atoms with Crippen LogP contribution in [0.25, 0.3) is 0 Å². The van der Waals surface area contributed by atoms with Gasteiger partial charge in [0.05, 0.1) is 5.54 Å². The molecule has 2 rings (SSSR count). The van der Waals surface area contributed by atoms with E-state index in [4.69, 9.17) is 5.73 Å². The van der Waals surface area contributed by atoms with Crippen LogP contribution in [0.5, 0.6) is 0 Å². The molecule has 0 spiro atoms. The molecule has 0 aromatic heterocycles. The van der Waals surface area contributed by atoms with E-state index in [2.05, 4.69) is 10.6 Å². The van der Waals surface area contributed by atoms with Crippen molar-refractivity contribution in [3.8, 4) is 0 Å². The summed E-state index contributed by atoms with van der Waals surface area (Å²) in [5.41, 5.74) is 5.31. The third kappa shape index (κ3) is 3.43. The van der Waals surface area contributed by atoms with Crippen LogP contribution < -0.4 is 16.4 Å². The summed E-state index contributed by atoms with van der Waals surface area (Å²) in [5.74, 6) is -0.0838. The average Bonchev–Trinajstić information content (AvgIpc) is 2.98. The van der Waals surface area contributed by atoms with E-state index in [0.29, 0.717) is 19.0 Å². The molecule has 2 saturated carbocycles. The van der Waals surface area contributed by atoms with Crippen molar-refractivity contribution >= 4 is 11.8 Å². The SMILES string of the molecule is NC1(C(=O)NCCC(=O)NC2CC2)CCCC1. The van der Waals surface area contributed by atoms with E-state index in [9.17, 15) is 9.59 Å². The van der Waals surface area contributed by atoms with Gasteiger partial charge >= 0.3 is 0 Å². The third-order valence-corrected chi connectivity index (χ3v) is 3.53.